The van der Waals surface area contributed by atoms with Crippen LogP contribution in [0.3, 0.4) is 0 Å². The molecule has 0 fully saturated rings. The number of hydrogen-bond donors (Lipinski definition) is 2. The standard InChI is InChI=1S/C14H20BrNO3/c1-9(2)16-8-12(17)10-6-11(15)14-13(7-10)18-4-3-5-19-14/h6-7,9,12,16-17H,3-5,8H2,1-2H3. The van der Waals surface area contributed by atoms with E-state index in [9.17, 15) is 5.11 Å². The molecule has 0 saturated carbocycles. The van der Waals surface area contributed by atoms with Crippen molar-refractivity contribution in [1.82, 2.24) is 5.32 Å². The number of nitrogens with one attached hydrogen (secondary N) is 1. The lowest BCUT2D eigenvalue weighted by molar-refractivity contribution is 0.171. The van der Waals surface area contributed by atoms with Crippen LogP contribution in [-0.4, -0.2) is 30.9 Å². The predicted molar refractivity (Wildman–Crippen MR) is 77.8 cm³/mol. The van der Waals surface area contributed by atoms with Crippen LogP contribution >= 0.6 is 15.9 Å². The van der Waals surface area contributed by atoms with E-state index in [0.717, 1.165) is 22.2 Å². The highest BCUT2D eigenvalue weighted by Gasteiger charge is 2.18. The number of rotatable bonds is 4. The van der Waals surface area contributed by atoms with Crippen LogP contribution in [0.2, 0.25) is 0 Å². The topological polar surface area (TPSA) is 50.7 Å². The van der Waals surface area contributed by atoms with Gasteiger partial charge in [0.2, 0.25) is 0 Å². The molecule has 0 aromatic heterocycles. The Morgan fingerprint density at radius 2 is 2.05 bits per heavy atom. The zero-order chi connectivity index (χ0) is 13.8. The number of aliphatic hydroxyl groups is 1. The van der Waals surface area contributed by atoms with Crippen molar-refractivity contribution in [2.24, 2.45) is 0 Å². The SMILES string of the molecule is CC(C)NCC(O)c1cc(Br)c2c(c1)OCCCO2. The molecule has 0 aliphatic carbocycles. The van der Waals surface area contributed by atoms with Gasteiger partial charge in [0.25, 0.3) is 0 Å². The molecule has 5 heteroatoms. The van der Waals surface area contributed by atoms with Gasteiger partial charge in [-0.1, -0.05) is 13.8 Å². The molecule has 1 atom stereocenters. The van der Waals surface area contributed by atoms with Crippen LogP contribution in [0.4, 0.5) is 0 Å². The highest BCUT2D eigenvalue weighted by molar-refractivity contribution is 9.10. The van der Waals surface area contributed by atoms with Crippen LogP contribution in [0.15, 0.2) is 16.6 Å². The molecular weight excluding hydrogens is 310 g/mol. The highest BCUT2D eigenvalue weighted by atomic mass is 79.9. The molecule has 19 heavy (non-hydrogen) atoms. The van der Waals surface area contributed by atoms with Crippen molar-refractivity contribution in [2.75, 3.05) is 19.8 Å². The second-order valence-electron chi connectivity index (χ2n) is 4.96. The van der Waals surface area contributed by atoms with Gasteiger partial charge in [0.1, 0.15) is 0 Å². The third-order valence-corrected chi connectivity index (χ3v) is 3.52. The summed E-state index contributed by atoms with van der Waals surface area (Å²) in [6.45, 7) is 5.92. The van der Waals surface area contributed by atoms with Crippen molar-refractivity contribution >= 4 is 15.9 Å². The summed E-state index contributed by atoms with van der Waals surface area (Å²) in [6, 6.07) is 4.09. The second kappa shape index (κ2) is 6.59. The van der Waals surface area contributed by atoms with Gasteiger partial charge in [0.15, 0.2) is 11.5 Å². The maximum Gasteiger partial charge on any atom is 0.175 e. The average Bonchev–Trinajstić information content (AvgIpc) is 2.61. The fourth-order valence-electron chi connectivity index (χ4n) is 1.91. The van der Waals surface area contributed by atoms with Gasteiger partial charge in [-0.3, -0.25) is 0 Å². The molecule has 0 radical (unpaired) electrons. The number of benzene rings is 1. The summed E-state index contributed by atoms with van der Waals surface area (Å²) in [5.41, 5.74) is 0.823. The third-order valence-electron chi connectivity index (χ3n) is 2.93. The first kappa shape index (κ1) is 14.6. The quantitative estimate of drug-likeness (QED) is 0.891. The van der Waals surface area contributed by atoms with Crippen molar-refractivity contribution < 1.29 is 14.6 Å². The fourth-order valence-corrected chi connectivity index (χ4v) is 2.48. The predicted octanol–water partition coefficient (Wildman–Crippen LogP) is 2.64. The minimum absolute atomic E-state index is 0.346. The summed E-state index contributed by atoms with van der Waals surface area (Å²) in [4.78, 5) is 0. The number of ether oxygens (including phenoxy) is 2. The number of fused-ring (bicyclic) bond motifs is 1. The molecule has 0 saturated heterocycles. The van der Waals surface area contributed by atoms with E-state index in [1.54, 1.807) is 0 Å². The maximum atomic E-state index is 10.2. The van der Waals surface area contributed by atoms with Crippen LogP contribution in [0, 0.1) is 0 Å². The Labute approximate surface area is 122 Å². The first-order chi connectivity index (χ1) is 9.08. The van der Waals surface area contributed by atoms with E-state index in [2.05, 4.69) is 35.1 Å². The van der Waals surface area contributed by atoms with E-state index in [4.69, 9.17) is 9.47 Å². The van der Waals surface area contributed by atoms with Crippen LogP contribution in [0.1, 0.15) is 31.9 Å². The highest BCUT2D eigenvalue weighted by Crippen LogP contribution is 2.39. The van der Waals surface area contributed by atoms with Crippen molar-refractivity contribution in [3.8, 4) is 11.5 Å². The first-order valence-corrected chi connectivity index (χ1v) is 7.37. The monoisotopic (exact) mass is 329 g/mol. The molecule has 1 heterocycles. The summed E-state index contributed by atoms with van der Waals surface area (Å²) in [5, 5.41) is 13.4. The van der Waals surface area contributed by atoms with E-state index < -0.39 is 6.10 Å². The molecule has 2 N–H and O–H groups in total. The van der Waals surface area contributed by atoms with Gasteiger partial charge in [-0.15, -0.1) is 0 Å². The zero-order valence-electron chi connectivity index (χ0n) is 11.3. The van der Waals surface area contributed by atoms with Crippen molar-refractivity contribution in [2.45, 2.75) is 32.4 Å². The molecule has 0 amide bonds. The molecule has 0 spiro atoms. The Balaban J connectivity index is 2.18. The minimum atomic E-state index is -0.559. The third kappa shape index (κ3) is 3.84. The van der Waals surface area contributed by atoms with Gasteiger partial charge in [0.05, 0.1) is 23.8 Å². The summed E-state index contributed by atoms with van der Waals surface area (Å²) in [7, 11) is 0. The van der Waals surface area contributed by atoms with Crippen molar-refractivity contribution in [1.29, 1.82) is 0 Å². The van der Waals surface area contributed by atoms with E-state index >= 15 is 0 Å². The molecule has 1 aromatic rings. The van der Waals surface area contributed by atoms with Crippen LogP contribution in [0.25, 0.3) is 0 Å². The van der Waals surface area contributed by atoms with E-state index in [-0.39, 0.29) is 0 Å². The van der Waals surface area contributed by atoms with Gasteiger partial charge >= 0.3 is 0 Å². The minimum Gasteiger partial charge on any atom is -0.490 e. The molecule has 1 unspecified atom stereocenters. The van der Waals surface area contributed by atoms with Gasteiger partial charge in [-0.2, -0.15) is 0 Å². The smallest absolute Gasteiger partial charge is 0.175 e. The molecule has 1 aliphatic rings. The van der Waals surface area contributed by atoms with E-state index in [0.29, 0.717) is 31.5 Å². The lowest BCUT2D eigenvalue weighted by Gasteiger charge is -2.17. The molecule has 0 bridgehead atoms. The normalized spacial score (nSPS) is 16.3. The Morgan fingerprint density at radius 1 is 1.32 bits per heavy atom. The van der Waals surface area contributed by atoms with E-state index in [1.807, 2.05) is 12.1 Å². The Morgan fingerprint density at radius 3 is 2.79 bits per heavy atom. The lowest BCUT2D eigenvalue weighted by Crippen LogP contribution is -2.27. The fraction of sp³-hybridized carbons (Fsp3) is 0.571. The van der Waals surface area contributed by atoms with Gasteiger partial charge < -0.3 is 19.9 Å². The summed E-state index contributed by atoms with van der Waals surface area (Å²) in [5.74, 6) is 1.43. The Hall–Kier alpha value is -0.780. The molecule has 106 valence electrons. The number of halogens is 1. The number of hydrogen-bond acceptors (Lipinski definition) is 4. The van der Waals surface area contributed by atoms with Crippen LogP contribution in [0.5, 0.6) is 11.5 Å². The van der Waals surface area contributed by atoms with Gasteiger partial charge in [-0.05, 0) is 33.6 Å². The molecule has 2 rings (SSSR count). The Kier molecular flexibility index (Phi) is 5.07. The molecule has 1 aromatic carbocycles. The van der Waals surface area contributed by atoms with Crippen LogP contribution in [-0.2, 0) is 0 Å². The first-order valence-electron chi connectivity index (χ1n) is 6.58. The van der Waals surface area contributed by atoms with Crippen molar-refractivity contribution in [3.05, 3.63) is 22.2 Å². The molecule has 4 nitrogen and oxygen atoms in total. The van der Waals surface area contributed by atoms with Gasteiger partial charge in [0, 0.05) is 19.0 Å². The van der Waals surface area contributed by atoms with Gasteiger partial charge in [-0.25, -0.2) is 0 Å². The number of aliphatic hydroxyl groups excluding tert-OH is 1. The van der Waals surface area contributed by atoms with Crippen LogP contribution < -0.4 is 14.8 Å². The summed E-state index contributed by atoms with van der Waals surface area (Å²) >= 11 is 3.48. The second-order valence-corrected chi connectivity index (χ2v) is 5.81. The maximum absolute atomic E-state index is 10.2. The molecular formula is C14H20BrNO3. The van der Waals surface area contributed by atoms with Crippen molar-refractivity contribution in [3.63, 3.8) is 0 Å². The lowest BCUT2D eigenvalue weighted by atomic mass is 10.1. The summed E-state index contributed by atoms with van der Waals surface area (Å²) in [6.07, 6.45) is 0.310. The largest absolute Gasteiger partial charge is 0.490 e. The summed E-state index contributed by atoms with van der Waals surface area (Å²) < 4.78 is 12.1. The Bertz CT molecular complexity index is 437. The average molecular weight is 330 g/mol. The van der Waals surface area contributed by atoms with E-state index in [1.165, 1.54) is 0 Å². The zero-order valence-corrected chi connectivity index (χ0v) is 12.9. The molecule has 1 aliphatic heterocycles.